The summed E-state index contributed by atoms with van der Waals surface area (Å²) >= 11 is 0. The lowest BCUT2D eigenvalue weighted by molar-refractivity contribution is -0.494. The summed E-state index contributed by atoms with van der Waals surface area (Å²) in [5, 5.41) is 8.06. The smallest absolute Gasteiger partial charge is 0.227 e. The zero-order valence-electron chi connectivity index (χ0n) is 6.35. The third-order valence-corrected chi connectivity index (χ3v) is 2.60. The van der Waals surface area contributed by atoms with Crippen molar-refractivity contribution >= 4 is 21.9 Å². The van der Waals surface area contributed by atoms with Crippen molar-refractivity contribution in [2.45, 2.75) is 12.2 Å². The zero-order chi connectivity index (χ0) is 8.65. The maximum absolute atomic E-state index is 10.8. The molecule has 0 aromatic heterocycles. The molecule has 6 heteroatoms. The van der Waals surface area contributed by atoms with Crippen molar-refractivity contribution in [3.8, 4) is 0 Å². The number of hydrazone groups is 1. The van der Waals surface area contributed by atoms with Gasteiger partial charge in [0.1, 0.15) is 5.71 Å². The van der Waals surface area contributed by atoms with E-state index in [0.717, 1.165) is 0 Å². The molecular formula is C5H10N3O2S+. The number of nitrogens with zero attached hydrogens (tertiary/aromatic N) is 2. The van der Waals surface area contributed by atoms with Gasteiger partial charge in [-0.25, -0.2) is 13.6 Å². The summed E-state index contributed by atoms with van der Waals surface area (Å²) in [5.41, 5.74) is 0.509. The van der Waals surface area contributed by atoms with Crippen LogP contribution in [0, 0.1) is 0 Å². The molecule has 0 aromatic carbocycles. The Bertz CT molecular complexity index is 328. The van der Waals surface area contributed by atoms with Crippen molar-refractivity contribution in [3.05, 3.63) is 0 Å². The summed E-state index contributed by atoms with van der Waals surface area (Å²) in [5.74, 6) is 0. The van der Waals surface area contributed by atoms with Gasteiger partial charge in [0.15, 0.2) is 18.5 Å². The molecule has 0 aliphatic carbocycles. The SMILES string of the molecule is CC1=N[N+](C)=CC1S(N)(=O)=O. The number of rotatable bonds is 1. The molecule has 0 bridgehead atoms. The van der Waals surface area contributed by atoms with Gasteiger partial charge in [0, 0.05) is 0 Å². The minimum absolute atomic E-state index is 0.509. The highest BCUT2D eigenvalue weighted by Gasteiger charge is 2.32. The summed E-state index contributed by atoms with van der Waals surface area (Å²) in [4.78, 5) is 0. The number of primary sulfonamides is 1. The van der Waals surface area contributed by atoms with Gasteiger partial charge in [-0.05, 0) is 12.0 Å². The highest BCUT2D eigenvalue weighted by atomic mass is 32.2. The third-order valence-electron chi connectivity index (χ3n) is 1.43. The van der Waals surface area contributed by atoms with Gasteiger partial charge in [0.25, 0.3) is 0 Å². The molecule has 0 fully saturated rings. The summed E-state index contributed by atoms with van der Waals surface area (Å²) in [7, 11) is -1.85. The molecule has 62 valence electrons. The van der Waals surface area contributed by atoms with Gasteiger partial charge >= 0.3 is 0 Å². The molecule has 1 unspecified atom stereocenters. The molecule has 0 amide bonds. The Morgan fingerprint density at radius 1 is 1.73 bits per heavy atom. The van der Waals surface area contributed by atoms with Crippen LogP contribution in [0.5, 0.6) is 0 Å². The lowest BCUT2D eigenvalue weighted by Gasteiger charge is -1.97. The van der Waals surface area contributed by atoms with Gasteiger partial charge in [-0.1, -0.05) is 4.68 Å². The van der Waals surface area contributed by atoms with E-state index in [1.54, 1.807) is 14.0 Å². The minimum Gasteiger partial charge on any atom is -0.228 e. The first-order valence-electron chi connectivity index (χ1n) is 3.06. The molecule has 1 atom stereocenters. The molecule has 0 saturated heterocycles. The highest BCUT2D eigenvalue weighted by molar-refractivity contribution is 7.91. The van der Waals surface area contributed by atoms with E-state index < -0.39 is 15.3 Å². The fourth-order valence-electron chi connectivity index (χ4n) is 0.965. The highest BCUT2D eigenvalue weighted by Crippen LogP contribution is 2.02. The van der Waals surface area contributed by atoms with Crippen LogP contribution in [0.25, 0.3) is 0 Å². The second-order valence-electron chi connectivity index (χ2n) is 2.47. The van der Waals surface area contributed by atoms with Crippen LogP contribution in [0.1, 0.15) is 6.92 Å². The first-order chi connectivity index (χ1) is 4.91. The molecular weight excluding hydrogens is 166 g/mol. The number of hydrogen-bond donors (Lipinski definition) is 1. The molecule has 2 N–H and O–H groups in total. The van der Waals surface area contributed by atoms with E-state index in [1.165, 1.54) is 10.9 Å². The van der Waals surface area contributed by atoms with E-state index >= 15 is 0 Å². The minimum atomic E-state index is -3.51. The number of nitrogens with two attached hydrogens (primary N) is 1. The van der Waals surface area contributed by atoms with Crippen LogP contribution in [-0.4, -0.2) is 37.3 Å². The maximum Gasteiger partial charge on any atom is 0.227 e. The van der Waals surface area contributed by atoms with Crippen LogP contribution >= 0.6 is 0 Å². The molecule has 1 aliphatic heterocycles. The van der Waals surface area contributed by atoms with E-state index in [2.05, 4.69) is 5.10 Å². The first-order valence-corrected chi connectivity index (χ1v) is 4.67. The molecule has 1 rings (SSSR count). The van der Waals surface area contributed by atoms with Crippen LogP contribution in [0.2, 0.25) is 0 Å². The Balaban J connectivity index is 3.05. The fourth-order valence-corrected chi connectivity index (χ4v) is 1.83. The summed E-state index contributed by atoms with van der Waals surface area (Å²) in [6.07, 6.45) is 1.46. The van der Waals surface area contributed by atoms with Gasteiger partial charge in [-0.15, -0.1) is 0 Å². The largest absolute Gasteiger partial charge is 0.228 e. The normalized spacial score (nSPS) is 24.8. The fraction of sp³-hybridized carbons (Fsp3) is 0.600. The molecule has 1 heterocycles. The van der Waals surface area contributed by atoms with Crippen LogP contribution in [0.3, 0.4) is 0 Å². The van der Waals surface area contributed by atoms with Crippen molar-refractivity contribution in [3.63, 3.8) is 0 Å². The quantitative estimate of drug-likeness (QED) is 0.507. The van der Waals surface area contributed by atoms with Gasteiger partial charge < -0.3 is 0 Å². The van der Waals surface area contributed by atoms with Crippen LogP contribution in [0.15, 0.2) is 5.10 Å². The van der Waals surface area contributed by atoms with E-state index in [1.807, 2.05) is 0 Å². The second kappa shape index (κ2) is 2.38. The lowest BCUT2D eigenvalue weighted by Crippen LogP contribution is -2.33. The van der Waals surface area contributed by atoms with Crippen molar-refractivity contribution in [1.82, 2.24) is 0 Å². The first kappa shape index (κ1) is 8.35. The average molecular weight is 176 g/mol. The standard InChI is InChI=1S/C5H10N3O2S/c1-4-5(11(6,9)10)3-8(2)7-4/h3,5H,1-2H3,(H2,6,9,10)/q+1. The second-order valence-corrected chi connectivity index (χ2v) is 4.16. The predicted molar refractivity (Wildman–Crippen MR) is 42.3 cm³/mol. The van der Waals surface area contributed by atoms with E-state index in [4.69, 9.17) is 5.14 Å². The zero-order valence-corrected chi connectivity index (χ0v) is 7.17. The molecule has 0 saturated carbocycles. The number of sulfonamides is 1. The van der Waals surface area contributed by atoms with Gasteiger partial charge in [0.2, 0.25) is 10.0 Å². The Kier molecular flexibility index (Phi) is 1.81. The van der Waals surface area contributed by atoms with Crippen molar-refractivity contribution < 1.29 is 13.1 Å². The Hall–Kier alpha value is -0.750. The van der Waals surface area contributed by atoms with Gasteiger partial charge in [0.05, 0.1) is 0 Å². The van der Waals surface area contributed by atoms with Crippen molar-refractivity contribution in [1.29, 1.82) is 0 Å². The topological polar surface area (TPSA) is 75.5 Å². The van der Waals surface area contributed by atoms with Crippen LogP contribution in [0.4, 0.5) is 0 Å². The van der Waals surface area contributed by atoms with E-state index in [9.17, 15) is 8.42 Å². The molecule has 5 nitrogen and oxygen atoms in total. The summed E-state index contributed by atoms with van der Waals surface area (Å²) in [6, 6.07) is 0. The summed E-state index contributed by atoms with van der Waals surface area (Å²) < 4.78 is 23.1. The van der Waals surface area contributed by atoms with Crippen molar-refractivity contribution in [2.24, 2.45) is 10.2 Å². The predicted octanol–water partition coefficient (Wildman–Crippen LogP) is -1.25. The Morgan fingerprint density at radius 2 is 2.27 bits per heavy atom. The Morgan fingerprint density at radius 3 is 2.45 bits per heavy atom. The number of hydrogen-bond acceptors (Lipinski definition) is 3. The van der Waals surface area contributed by atoms with E-state index in [0.29, 0.717) is 5.71 Å². The van der Waals surface area contributed by atoms with Gasteiger partial charge in [-0.2, -0.15) is 0 Å². The van der Waals surface area contributed by atoms with Crippen LogP contribution in [-0.2, 0) is 10.0 Å². The summed E-state index contributed by atoms with van der Waals surface area (Å²) in [6.45, 7) is 1.63. The molecule has 1 aliphatic rings. The monoisotopic (exact) mass is 176 g/mol. The molecule has 0 radical (unpaired) electrons. The maximum atomic E-state index is 10.8. The molecule has 0 aromatic rings. The van der Waals surface area contributed by atoms with Gasteiger partial charge in [-0.3, -0.25) is 0 Å². The van der Waals surface area contributed by atoms with E-state index in [-0.39, 0.29) is 0 Å². The average Bonchev–Trinajstić information content (AvgIpc) is 2.08. The van der Waals surface area contributed by atoms with Crippen molar-refractivity contribution in [2.75, 3.05) is 7.05 Å². The lowest BCUT2D eigenvalue weighted by atomic mass is 10.3. The van der Waals surface area contributed by atoms with Crippen LogP contribution < -0.4 is 5.14 Å². The third kappa shape index (κ3) is 1.63. The molecule has 11 heavy (non-hydrogen) atoms. The molecule has 0 spiro atoms. The Labute approximate surface area is 65.3 Å².